The first-order chi connectivity index (χ1) is 8.18. The second kappa shape index (κ2) is 4.74. The highest BCUT2D eigenvalue weighted by Gasteiger charge is 2.15. The van der Waals surface area contributed by atoms with E-state index in [1.54, 1.807) is 18.5 Å². The Morgan fingerprint density at radius 1 is 1.35 bits per heavy atom. The van der Waals surface area contributed by atoms with Crippen molar-refractivity contribution in [2.75, 3.05) is 0 Å². The molecule has 0 aliphatic carbocycles. The highest BCUT2D eigenvalue weighted by Crippen LogP contribution is 2.29. The normalized spacial score (nSPS) is 10.1. The van der Waals surface area contributed by atoms with Crippen molar-refractivity contribution in [3.8, 4) is 5.75 Å². The van der Waals surface area contributed by atoms with Crippen LogP contribution in [0.15, 0.2) is 34.8 Å². The zero-order chi connectivity index (χ0) is 12.3. The monoisotopic (exact) mass is 248 g/mol. The predicted molar refractivity (Wildman–Crippen MR) is 60.9 cm³/mol. The number of amidine groups is 1. The lowest BCUT2D eigenvalue weighted by molar-refractivity contribution is 0.466. The summed E-state index contributed by atoms with van der Waals surface area (Å²) in [4.78, 5) is 7.99. The minimum atomic E-state index is -0.282. The Morgan fingerprint density at radius 2 is 2.06 bits per heavy atom. The van der Waals surface area contributed by atoms with Crippen molar-refractivity contribution in [3.05, 3.63) is 30.2 Å². The van der Waals surface area contributed by atoms with Crippen LogP contribution < -0.4 is 5.73 Å². The molecule has 0 saturated carbocycles. The molecule has 0 radical (unpaired) electrons. The lowest BCUT2D eigenvalue weighted by Crippen LogP contribution is -2.14. The quantitative estimate of drug-likeness (QED) is 0.408. The lowest BCUT2D eigenvalue weighted by Gasteiger charge is -2.06. The Morgan fingerprint density at radius 3 is 2.71 bits per heavy atom. The molecular formula is C9H8N6OS. The number of hydrogen-bond donors (Lipinski definition) is 3. The minimum absolute atomic E-state index is 0.137. The van der Waals surface area contributed by atoms with Crippen LogP contribution in [0, 0.1) is 5.41 Å². The highest BCUT2D eigenvalue weighted by molar-refractivity contribution is 7.99. The van der Waals surface area contributed by atoms with Crippen molar-refractivity contribution in [1.29, 1.82) is 5.41 Å². The van der Waals surface area contributed by atoms with E-state index in [9.17, 15) is 5.11 Å². The molecule has 2 rings (SSSR count). The van der Waals surface area contributed by atoms with Crippen molar-refractivity contribution in [2.24, 2.45) is 5.73 Å². The van der Waals surface area contributed by atoms with Gasteiger partial charge in [-0.15, -0.1) is 5.10 Å². The molecule has 0 amide bonds. The Bertz CT molecular complexity index is 546. The van der Waals surface area contributed by atoms with Gasteiger partial charge in [-0.1, -0.05) is 0 Å². The average molecular weight is 248 g/mol. The fraction of sp³-hybridized carbons (Fsp3) is 0. The van der Waals surface area contributed by atoms with Gasteiger partial charge in [0.25, 0.3) is 0 Å². The molecule has 0 fully saturated rings. The number of nitrogen functional groups attached to an aromatic ring is 1. The Hall–Kier alpha value is -2.22. The van der Waals surface area contributed by atoms with Crippen LogP contribution in [0.3, 0.4) is 0 Å². The second-order valence-corrected chi connectivity index (χ2v) is 3.91. The molecule has 0 unspecified atom stereocenters. The highest BCUT2D eigenvalue weighted by atomic mass is 32.2. The van der Waals surface area contributed by atoms with E-state index in [-0.39, 0.29) is 17.1 Å². The molecule has 0 bridgehead atoms. The van der Waals surface area contributed by atoms with Crippen molar-refractivity contribution in [3.63, 3.8) is 0 Å². The molecule has 2 heterocycles. The summed E-state index contributed by atoms with van der Waals surface area (Å²) in [6, 6.07) is 1.68. The first kappa shape index (κ1) is 11.3. The summed E-state index contributed by atoms with van der Waals surface area (Å²) in [7, 11) is 0. The van der Waals surface area contributed by atoms with Gasteiger partial charge in [0.2, 0.25) is 0 Å². The Labute approximate surface area is 101 Å². The summed E-state index contributed by atoms with van der Waals surface area (Å²) >= 11 is 1.08. The maximum Gasteiger partial charge on any atom is 0.193 e. The Kier molecular flexibility index (Phi) is 3.15. The fourth-order valence-electron chi connectivity index (χ4n) is 1.11. The molecule has 0 saturated heterocycles. The number of nitrogens with one attached hydrogen (secondary N) is 1. The van der Waals surface area contributed by atoms with E-state index in [0.717, 1.165) is 18.0 Å². The average Bonchev–Trinajstić information content (AvgIpc) is 2.30. The van der Waals surface area contributed by atoms with Crippen LogP contribution in [0.5, 0.6) is 5.75 Å². The summed E-state index contributed by atoms with van der Waals surface area (Å²) in [6.45, 7) is 0. The minimum Gasteiger partial charge on any atom is -0.505 e. The van der Waals surface area contributed by atoms with Gasteiger partial charge < -0.3 is 10.8 Å². The zero-order valence-corrected chi connectivity index (χ0v) is 9.35. The van der Waals surface area contributed by atoms with Crippen molar-refractivity contribution >= 4 is 17.6 Å². The van der Waals surface area contributed by atoms with Crippen LogP contribution in [0.4, 0.5) is 0 Å². The van der Waals surface area contributed by atoms with Crippen LogP contribution in [0.25, 0.3) is 0 Å². The van der Waals surface area contributed by atoms with Crippen LogP contribution in [0.2, 0.25) is 0 Å². The number of aromatic nitrogens is 4. The van der Waals surface area contributed by atoms with Gasteiger partial charge in [-0.2, -0.15) is 5.10 Å². The van der Waals surface area contributed by atoms with Crippen LogP contribution in [-0.4, -0.2) is 31.1 Å². The van der Waals surface area contributed by atoms with Crippen molar-refractivity contribution < 1.29 is 5.11 Å². The number of rotatable bonds is 3. The SMILES string of the molecule is N=C(N)c1c(O)cnnc1Sc1ncccn1. The van der Waals surface area contributed by atoms with E-state index in [4.69, 9.17) is 11.1 Å². The van der Waals surface area contributed by atoms with E-state index in [1.807, 2.05) is 0 Å². The van der Waals surface area contributed by atoms with E-state index in [0.29, 0.717) is 10.2 Å². The third-order valence-electron chi connectivity index (χ3n) is 1.80. The second-order valence-electron chi connectivity index (χ2n) is 2.96. The van der Waals surface area contributed by atoms with Gasteiger partial charge in [-0.25, -0.2) is 9.97 Å². The molecule has 0 aliphatic rings. The fourth-order valence-corrected chi connectivity index (χ4v) is 1.91. The van der Waals surface area contributed by atoms with Gasteiger partial charge in [0.05, 0.1) is 11.8 Å². The number of nitrogens with two attached hydrogens (primary N) is 1. The van der Waals surface area contributed by atoms with Gasteiger partial charge in [0.1, 0.15) is 16.6 Å². The molecular weight excluding hydrogens is 240 g/mol. The maximum atomic E-state index is 9.56. The molecule has 0 aromatic carbocycles. The summed E-state index contributed by atoms with van der Waals surface area (Å²) in [5.74, 6) is -0.471. The maximum absolute atomic E-state index is 9.56. The predicted octanol–water partition coefficient (Wildman–Crippen LogP) is 0.407. The van der Waals surface area contributed by atoms with Crippen molar-refractivity contribution in [2.45, 2.75) is 10.2 Å². The van der Waals surface area contributed by atoms with Gasteiger partial charge in [0, 0.05) is 12.4 Å². The van der Waals surface area contributed by atoms with Gasteiger partial charge in [-0.05, 0) is 17.8 Å². The van der Waals surface area contributed by atoms with Gasteiger partial charge in [-0.3, -0.25) is 5.41 Å². The molecule has 0 aliphatic heterocycles. The third-order valence-corrected chi connectivity index (χ3v) is 2.67. The summed E-state index contributed by atoms with van der Waals surface area (Å²) < 4.78 is 0. The summed E-state index contributed by atoms with van der Waals surface area (Å²) in [6.07, 6.45) is 4.30. The van der Waals surface area contributed by atoms with Gasteiger partial charge in [0.15, 0.2) is 5.16 Å². The number of hydrogen-bond acceptors (Lipinski definition) is 7. The van der Waals surface area contributed by atoms with Crippen LogP contribution in [0.1, 0.15) is 5.56 Å². The molecule has 86 valence electrons. The van der Waals surface area contributed by atoms with E-state index in [2.05, 4.69) is 20.2 Å². The molecule has 4 N–H and O–H groups in total. The molecule has 2 aromatic heterocycles. The van der Waals surface area contributed by atoms with Crippen LogP contribution >= 0.6 is 11.8 Å². The third kappa shape index (κ3) is 2.48. The zero-order valence-electron chi connectivity index (χ0n) is 8.53. The molecule has 8 heteroatoms. The molecule has 2 aromatic rings. The molecule has 7 nitrogen and oxygen atoms in total. The molecule has 0 atom stereocenters. The number of aromatic hydroxyl groups is 1. The smallest absolute Gasteiger partial charge is 0.193 e. The van der Waals surface area contributed by atoms with Gasteiger partial charge >= 0.3 is 0 Å². The van der Waals surface area contributed by atoms with E-state index in [1.165, 1.54) is 0 Å². The first-order valence-corrected chi connectivity index (χ1v) is 5.34. The lowest BCUT2D eigenvalue weighted by atomic mass is 10.3. The standard InChI is InChI=1S/C9H8N6OS/c10-7(11)6-5(16)4-14-15-8(6)17-9-12-2-1-3-13-9/h1-4H,(H3,10,11)(H,15,16). The first-order valence-electron chi connectivity index (χ1n) is 4.52. The number of nitrogens with zero attached hydrogens (tertiary/aromatic N) is 4. The largest absolute Gasteiger partial charge is 0.505 e. The summed E-state index contributed by atoms with van der Waals surface area (Å²) in [5.41, 5.74) is 5.51. The van der Waals surface area contributed by atoms with E-state index < -0.39 is 0 Å². The topological polar surface area (TPSA) is 122 Å². The summed E-state index contributed by atoms with van der Waals surface area (Å²) in [5, 5.41) is 25.1. The van der Waals surface area contributed by atoms with E-state index >= 15 is 0 Å². The van der Waals surface area contributed by atoms with Crippen molar-refractivity contribution in [1.82, 2.24) is 20.2 Å². The Balaban J connectivity index is 2.40. The molecule has 0 spiro atoms. The molecule has 17 heavy (non-hydrogen) atoms. The van der Waals surface area contributed by atoms with Crippen LogP contribution in [-0.2, 0) is 0 Å².